The van der Waals surface area contributed by atoms with Gasteiger partial charge >= 0.3 is 0 Å². The number of hydrogen-bond donors (Lipinski definition) is 1. The average molecular weight is 211 g/mol. The van der Waals surface area contributed by atoms with Gasteiger partial charge in [-0.25, -0.2) is 0 Å². The van der Waals surface area contributed by atoms with Gasteiger partial charge in [0.1, 0.15) is 0 Å². The Labute approximate surface area is 94.8 Å². The zero-order valence-electron chi connectivity index (χ0n) is 10.4. The van der Waals surface area contributed by atoms with Gasteiger partial charge in [-0.1, -0.05) is 13.8 Å². The summed E-state index contributed by atoms with van der Waals surface area (Å²) in [4.78, 5) is 0. The fourth-order valence-corrected chi connectivity index (χ4v) is 1.33. The van der Waals surface area contributed by atoms with E-state index in [1.54, 1.807) is 0 Å². The molecular formula is C13H25NO. The van der Waals surface area contributed by atoms with Gasteiger partial charge in [0.25, 0.3) is 0 Å². The lowest BCUT2D eigenvalue weighted by Crippen LogP contribution is -2.34. The highest BCUT2D eigenvalue weighted by Gasteiger charge is 2.06. The topological polar surface area (TPSA) is 21.3 Å². The van der Waals surface area contributed by atoms with Crippen molar-refractivity contribution < 1.29 is 4.74 Å². The van der Waals surface area contributed by atoms with Crippen LogP contribution in [0.5, 0.6) is 0 Å². The lowest BCUT2D eigenvalue weighted by atomic mass is 10.1. The van der Waals surface area contributed by atoms with E-state index in [4.69, 9.17) is 4.74 Å². The molecule has 0 aliphatic rings. The van der Waals surface area contributed by atoms with E-state index in [2.05, 4.69) is 31.0 Å². The number of hydrogen-bond acceptors (Lipinski definition) is 2. The highest BCUT2D eigenvalue weighted by molar-refractivity contribution is 4.95. The minimum absolute atomic E-state index is 0.470. The van der Waals surface area contributed by atoms with Crippen LogP contribution in [0.3, 0.4) is 0 Å². The van der Waals surface area contributed by atoms with E-state index in [9.17, 15) is 0 Å². The highest BCUT2D eigenvalue weighted by atomic mass is 16.5. The molecule has 0 aromatic heterocycles. The number of nitrogens with one attached hydrogen (secondary N) is 1. The molecule has 0 aromatic rings. The molecule has 2 nitrogen and oxygen atoms in total. The molecule has 0 saturated heterocycles. The van der Waals surface area contributed by atoms with Crippen molar-refractivity contribution in [3.63, 3.8) is 0 Å². The van der Waals surface area contributed by atoms with Crippen LogP contribution in [0.2, 0.25) is 0 Å². The van der Waals surface area contributed by atoms with Crippen molar-refractivity contribution in [2.75, 3.05) is 19.8 Å². The van der Waals surface area contributed by atoms with Crippen LogP contribution in [-0.2, 0) is 4.74 Å². The molecule has 2 heteroatoms. The monoisotopic (exact) mass is 211 g/mol. The first-order valence-corrected chi connectivity index (χ1v) is 6.05. The molecule has 1 atom stereocenters. The van der Waals surface area contributed by atoms with Gasteiger partial charge in [0.2, 0.25) is 0 Å². The van der Waals surface area contributed by atoms with Crippen LogP contribution in [0.15, 0.2) is 0 Å². The van der Waals surface area contributed by atoms with Crippen molar-refractivity contribution in [1.82, 2.24) is 5.32 Å². The second-order valence-electron chi connectivity index (χ2n) is 3.69. The molecule has 88 valence electrons. The highest BCUT2D eigenvalue weighted by Crippen LogP contribution is 1.98. The lowest BCUT2D eigenvalue weighted by Gasteiger charge is -2.17. The molecule has 0 saturated carbocycles. The van der Waals surface area contributed by atoms with Crippen molar-refractivity contribution in [2.24, 2.45) is 0 Å². The Kier molecular flexibility index (Phi) is 11.2. The van der Waals surface area contributed by atoms with E-state index in [0.717, 1.165) is 39.0 Å². The summed E-state index contributed by atoms with van der Waals surface area (Å²) in [5, 5.41) is 3.49. The van der Waals surface area contributed by atoms with Crippen LogP contribution >= 0.6 is 0 Å². The fraction of sp³-hybridized carbons (Fsp3) is 0.846. The zero-order chi connectivity index (χ0) is 11.4. The van der Waals surface area contributed by atoms with Crippen molar-refractivity contribution in [2.45, 2.75) is 52.5 Å². The molecule has 0 spiro atoms. The second-order valence-corrected chi connectivity index (χ2v) is 3.69. The van der Waals surface area contributed by atoms with E-state index in [-0.39, 0.29) is 0 Å². The van der Waals surface area contributed by atoms with Crippen LogP contribution in [0.25, 0.3) is 0 Å². The molecule has 15 heavy (non-hydrogen) atoms. The van der Waals surface area contributed by atoms with Crippen molar-refractivity contribution in [3.05, 3.63) is 0 Å². The molecule has 0 bridgehead atoms. The van der Waals surface area contributed by atoms with E-state index < -0.39 is 0 Å². The van der Waals surface area contributed by atoms with Crippen LogP contribution in [-0.4, -0.2) is 25.8 Å². The number of ether oxygens (including phenoxy) is 1. The zero-order valence-corrected chi connectivity index (χ0v) is 10.4. The van der Waals surface area contributed by atoms with Crippen LogP contribution in [0.1, 0.15) is 46.5 Å². The molecular weight excluding hydrogens is 186 g/mol. The Balaban J connectivity index is 3.65. The summed E-state index contributed by atoms with van der Waals surface area (Å²) >= 11 is 0. The minimum atomic E-state index is 0.470. The minimum Gasteiger partial charge on any atom is -0.380 e. The van der Waals surface area contributed by atoms with Crippen LogP contribution < -0.4 is 5.32 Å². The van der Waals surface area contributed by atoms with E-state index in [1.165, 1.54) is 6.42 Å². The van der Waals surface area contributed by atoms with Crippen molar-refractivity contribution in [1.29, 1.82) is 0 Å². The lowest BCUT2D eigenvalue weighted by molar-refractivity contribution is 0.110. The maximum Gasteiger partial charge on any atom is 0.0619 e. The summed E-state index contributed by atoms with van der Waals surface area (Å²) < 4.78 is 5.56. The van der Waals surface area contributed by atoms with Gasteiger partial charge < -0.3 is 10.1 Å². The van der Waals surface area contributed by atoms with Gasteiger partial charge in [0, 0.05) is 19.1 Å². The Hall–Kier alpha value is -0.520. The first kappa shape index (κ1) is 14.5. The normalized spacial score (nSPS) is 11.9. The first-order valence-electron chi connectivity index (χ1n) is 6.05. The SMILES string of the molecule is CC#CCCC(COCCC)NCCC. The summed E-state index contributed by atoms with van der Waals surface area (Å²) in [6, 6.07) is 0.470. The summed E-state index contributed by atoms with van der Waals surface area (Å²) in [5.41, 5.74) is 0. The second kappa shape index (κ2) is 11.6. The predicted molar refractivity (Wildman–Crippen MR) is 65.9 cm³/mol. The summed E-state index contributed by atoms with van der Waals surface area (Å²) in [5.74, 6) is 6.03. The fourth-order valence-electron chi connectivity index (χ4n) is 1.33. The molecule has 0 aliphatic carbocycles. The smallest absolute Gasteiger partial charge is 0.0619 e. The Morgan fingerprint density at radius 2 is 2.07 bits per heavy atom. The van der Waals surface area contributed by atoms with E-state index in [1.807, 2.05) is 6.92 Å². The average Bonchev–Trinajstić information content (AvgIpc) is 2.25. The molecule has 1 N–H and O–H groups in total. The predicted octanol–water partition coefficient (Wildman–Crippen LogP) is 2.58. The summed E-state index contributed by atoms with van der Waals surface area (Å²) in [6.07, 6.45) is 4.32. The van der Waals surface area contributed by atoms with Gasteiger partial charge in [0.15, 0.2) is 0 Å². The van der Waals surface area contributed by atoms with Gasteiger partial charge in [-0.3, -0.25) is 0 Å². The Bertz CT molecular complexity index is 181. The maximum absolute atomic E-state index is 5.56. The number of rotatable bonds is 9. The van der Waals surface area contributed by atoms with Gasteiger partial charge in [-0.05, 0) is 32.7 Å². The molecule has 0 aromatic carbocycles. The largest absolute Gasteiger partial charge is 0.380 e. The van der Waals surface area contributed by atoms with Crippen LogP contribution in [0, 0.1) is 11.8 Å². The van der Waals surface area contributed by atoms with Crippen molar-refractivity contribution >= 4 is 0 Å². The molecule has 0 fully saturated rings. The quantitative estimate of drug-likeness (QED) is 0.467. The summed E-state index contributed by atoms with van der Waals surface area (Å²) in [6.45, 7) is 8.96. The molecule has 0 aliphatic heterocycles. The standard InChI is InChI=1S/C13H25NO/c1-4-7-8-9-13(14-10-5-2)12-15-11-6-3/h13-14H,5-6,8-12H2,1-3H3. The molecule has 1 unspecified atom stereocenters. The van der Waals surface area contributed by atoms with Crippen LogP contribution in [0.4, 0.5) is 0 Å². The van der Waals surface area contributed by atoms with Gasteiger partial charge in [0.05, 0.1) is 6.61 Å². The van der Waals surface area contributed by atoms with Gasteiger partial charge in [-0.15, -0.1) is 11.8 Å². The van der Waals surface area contributed by atoms with E-state index in [0.29, 0.717) is 6.04 Å². The first-order chi connectivity index (χ1) is 7.35. The molecule has 0 amide bonds. The summed E-state index contributed by atoms with van der Waals surface area (Å²) in [7, 11) is 0. The Morgan fingerprint density at radius 3 is 2.67 bits per heavy atom. The van der Waals surface area contributed by atoms with Crippen molar-refractivity contribution in [3.8, 4) is 11.8 Å². The maximum atomic E-state index is 5.56. The van der Waals surface area contributed by atoms with Gasteiger partial charge in [-0.2, -0.15) is 0 Å². The molecule has 0 heterocycles. The third-order valence-corrected chi connectivity index (χ3v) is 2.15. The third kappa shape index (κ3) is 9.78. The third-order valence-electron chi connectivity index (χ3n) is 2.15. The molecule has 0 radical (unpaired) electrons. The Morgan fingerprint density at radius 1 is 1.27 bits per heavy atom. The molecule has 0 rings (SSSR count). The van der Waals surface area contributed by atoms with E-state index >= 15 is 0 Å².